The number of amides is 1. The van der Waals surface area contributed by atoms with Crippen molar-refractivity contribution in [3.63, 3.8) is 0 Å². The summed E-state index contributed by atoms with van der Waals surface area (Å²) in [5.41, 5.74) is 5.75. The normalized spacial score (nSPS) is 17.0. The number of nitrogens with zero attached hydrogens (tertiary/aromatic N) is 6. The molecule has 10 heteroatoms. The predicted molar refractivity (Wildman–Crippen MR) is 148 cm³/mol. The van der Waals surface area contributed by atoms with E-state index in [9.17, 15) is 10.1 Å². The second-order valence-electron chi connectivity index (χ2n) is 9.84. The lowest BCUT2D eigenvalue weighted by atomic mass is 10.0. The molecule has 2 aromatic carbocycles. The molecule has 2 fully saturated rings. The first kappa shape index (κ1) is 25.4. The lowest BCUT2D eigenvalue weighted by Gasteiger charge is -2.28. The molecule has 1 amide bonds. The maximum Gasteiger partial charge on any atom is 0.236 e. The minimum absolute atomic E-state index is 0.140. The zero-order chi connectivity index (χ0) is 27.5. The van der Waals surface area contributed by atoms with Gasteiger partial charge in [0.2, 0.25) is 5.91 Å². The van der Waals surface area contributed by atoms with Crippen molar-refractivity contribution in [2.45, 2.75) is 18.9 Å². The number of benzene rings is 2. The number of hydrogen-bond acceptors (Lipinski definition) is 8. The molecule has 0 saturated carbocycles. The number of hydrogen-bond donors (Lipinski definition) is 1. The fourth-order valence-corrected chi connectivity index (χ4v) is 5.28. The maximum atomic E-state index is 12.0. The number of rotatable bonds is 6. The number of fused-ring (bicyclic) bond motifs is 1. The summed E-state index contributed by atoms with van der Waals surface area (Å²) in [5.74, 6) is 0.266. The molecule has 2 aromatic heterocycles. The third-order valence-corrected chi connectivity index (χ3v) is 7.38. The maximum absolute atomic E-state index is 12.0. The highest BCUT2D eigenvalue weighted by Crippen LogP contribution is 2.33. The average molecular weight is 534 g/mol. The van der Waals surface area contributed by atoms with Crippen LogP contribution in [0.3, 0.4) is 0 Å². The molecule has 40 heavy (non-hydrogen) atoms. The van der Waals surface area contributed by atoms with E-state index in [4.69, 9.17) is 14.7 Å². The number of nitrogens with one attached hydrogen (secondary N) is 1. The monoisotopic (exact) mass is 533 g/mol. The summed E-state index contributed by atoms with van der Waals surface area (Å²) < 4.78 is 11.6. The molecule has 10 nitrogen and oxygen atoms in total. The number of likely N-dealkylation sites (tertiary alicyclic amines) is 1. The van der Waals surface area contributed by atoms with Crippen molar-refractivity contribution in [2.24, 2.45) is 0 Å². The van der Waals surface area contributed by atoms with Crippen molar-refractivity contribution in [3.8, 4) is 40.4 Å². The van der Waals surface area contributed by atoms with Crippen molar-refractivity contribution >= 4 is 22.6 Å². The third kappa shape index (κ3) is 5.05. The molecule has 0 aliphatic carbocycles. The first-order valence-electron chi connectivity index (χ1n) is 13.3. The number of carbonyl (C=O) groups excluding carboxylic acids is 1. The van der Waals surface area contributed by atoms with E-state index in [-0.39, 0.29) is 18.4 Å². The number of aromatic nitrogens is 3. The Morgan fingerprint density at radius 1 is 1.05 bits per heavy atom. The first-order chi connectivity index (χ1) is 19.6. The van der Waals surface area contributed by atoms with E-state index < -0.39 is 0 Å². The molecule has 2 aliphatic heterocycles. The van der Waals surface area contributed by atoms with Crippen LogP contribution in [0.15, 0.2) is 54.9 Å². The van der Waals surface area contributed by atoms with Crippen molar-refractivity contribution in [1.82, 2.24) is 19.9 Å². The number of aromatic amines is 1. The molecular formula is C30H27N7O3. The highest BCUT2D eigenvalue weighted by Gasteiger charge is 2.28. The number of nitriles is 2. The van der Waals surface area contributed by atoms with Crippen molar-refractivity contribution in [3.05, 3.63) is 60.4 Å². The summed E-state index contributed by atoms with van der Waals surface area (Å²) in [7, 11) is 0. The van der Waals surface area contributed by atoms with E-state index >= 15 is 0 Å². The van der Waals surface area contributed by atoms with Crippen LogP contribution in [0.1, 0.15) is 18.4 Å². The molecule has 0 bridgehead atoms. The van der Waals surface area contributed by atoms with E-state index in [1.54, 1.807) is 17.0 Å². The topological polar surface area (TPSA) is 131 Å². The van der Waals surface area contributed by atoms with Gasteiger partial charge in [-0.05, 0) is 42.0 Å². The largest absolute Gasteiger partial charge is 0.487 e. The van der Waals surface area contributed by atoms with Gasteiger partial charge in [-0.25, -0.2) is 9.97 Å². The van der Waals surface area contributed by atoms with Crippen LogP contribution < -0.4 is 9.64 Å². The summed E-state index contributed by atoms with van der Waals surface area (Å²) in [6.07, 6.45) is 1.80. The molecule has 2 aliphatic rings. The number of H-pyrrole nitrogens is 1. The van der Waals surface area contributed by atoms with Crippen molar-refractivity contribution in [2.75, 3.05) is 44.3 Å². The molecule has 1 N–H and O–H groups in total. The lowest BCUT2D eigenvalue weighted by molar-refractivity contribution is -0.129. The second-order valence-corrected chi connectivity index (χ2v) is 9.84. The summed E-state index contributed by atoms with van der Waals surface area (Å²) in [6, 6.07) is 20.0. The zero-order valence-corrected chi connectivity index (χ0v) is 21.8. The first-order valence-corrected chi connectivity index (χ1v) is 13.3. The van der Waals surface area contributed by atoms with Gasteiger partial charge in [0, 0.05) is 48.4 Å². The lowest BCUT2D eigenvalue weighted by Crippen LogP contribution is -2.36. The minimum atomic E-state index is -0.229. The van der Waals surface area contributed by atoms with Gasteiger partial charge in [0.1, 0.15) is 36.3 Å². The molecular weight excluding hydrogens is 506 g/mol. The quantitative estimate of drug-likeness (QED) is 0.395. The van der Waals surface area contributed by atoms with E-state index in [0.717, 1.165) is 54.2 Å². The van der Waals surface area contributed by atoms with E-state index in [2.05, 4.69) is 50.2 Å². The van der Waals surface area contributed by atoms with Crippen LogP contribution in [0.5, 0.6) is 5.75 Å². The number of ether oxygens (including phenoxy) is 2. The van der Waals surface area contributed by atoms with Gasteiger partial charge in [-0.15, -0.1) is 0 Å². The van der Waals surface area contributed by atoms with Gasteiger partial charge in [0.25, 0.3) is 0 Å². The summed E-state index contributed by atoms with van der Waals surface area (Å²) in [5, 5.41) is 19.5. The molecule has 4 aromatic rings. The summed E-state index contributed by atoms with van der Waals surface area (Å²) in [4.78, 5) is 28.4. The highest BCUT2D eigenvalue weighted by atomic mass is 16.5. The van der Waals surface area contributed by atoms with Crippen LogP contribution in [0.4, 0.5) is 5.69 Å². The van der Waals surface area contributed by atoms with Crippen LogP contribution in [0, 0.1) is 22.7 Å². The molecule has 1 atom stereocenters. The van der Waals surface area contributed by atoms with Crippen LogP contribution in [0.25, 0.3) is 33.5 Å². The van der Waals surface area contributed by atoms with Gasteiger partial charge < -0.3 is 24.3 Å². The van der Waals surface area contributed by atoms with Crippen LogP contribution in [-0.2, 0) is 9.53 Å². The minimum Gasteiger partial charge on any atom is -0.487 e. The van der Waals surface area contributed by atoms with Gasteiger partial charge in [-0.1, -0.05) is 12.1 Å². The van der Waals surface area contributed by atoms with Gasteiger partial charge >= 0.3 is 0 Å². The summed E-state index contributed by atoms with van der Waals surface area (Å²) in [6.45, 7) is 4.21. The van der Waals surface area contributed by atoms with Crippen LogP contribution in [0.2, 0.25) is 0 Å². The van der Waals surface area contributed by atoms with E-state index in [1.165, 1.54) is 12.0 Å². The standard InChI is InChI=1S/C30H27N7O3/c31-9-7-28(38)37-10-8-24(18-37)40-27-6-3-21(15-22(27)17-32)29-25-16-26(35-30(25)34-19-33-29)20-1-4-23(5-2-20)36-11-13-39-14-12-36/h1-6,15-16,19,24H,7-8,10-14,18H2,(H,33,34,35)/t24-/m1/s1. The third-order valence-electron chi connectivity index (χ3n) is 7.38. The fraction of sp³-hybridized carbons (Fsp3) is 0.300. The van der Waals surface area contributed by atoms with E-state index in [0.29, 0.717) is 36.5 Å². The number of carbonyl (C=O) groups is 1. The Bertz CT molecular complexity index is 1630. The molecule has 2 saturated heterocycles. The van der Waals surface area contributed by atoms with Gasteiger partial charge in [-0.2, -0.15) is 10.5 Å². The zero-order valence-electron chi connectivity index (χ0n) is 21.8. The van der Waals surface area contributed by atoms with Gasteiger partial charge in [0.05, 0.1) is 37.1 Å². The Balaban J connectivity index is 1.23. The van der Waals surface area contributed by atoms with Crippen molar-refractivity contribution in [1.29, 1.82) is 10.5 Å². The Labute approximate surface area is 231 Å². The Kier molecular flexibility index (Phi) is 7.00. The van der Waals surface area contributed by atoms with Gasteiger partial charge in [0.15, 0.2) is 0 Å². The number of anilines is 1. The van der Waals surface area contributed by atoms with Crippen LogP contribution in [-0.4, -0.2) is 71.3 Å². The Morgan fingerprint density at radius 2 is 1.85 bits per heavy atom. The molecule has 0 unspecified atom stereocenters. The number of morpholine rings is 1. The molecule has 6 rings (SSSR count). The Hall–Kier alpha value is -4.93. The molecule has 4 heterocycles. The average Bonchev–Trinajstić information content (AvgIpc) is 3.66. The van der Waals surface area contributed by atoms with Gasteiger partial charge in [-0.3, -0.25) is 4.79 Å². The van der Waals surface area contributed by atoms with Crippen LogP contribution >= 0.6 is 0 Å². The second kappa shape index (κ2) is 11.0. The molecule has 0 radical (unpaired) electrons. The molecule has 200 valence electrons. The predicted octanol–water partition coefficient (Wildman–Crippen LogP) is 3.89. The van der Waals surface area contributed by atoms with E-state index in [1.807, 2.05) is 18.2 Å². The Morgan fingerprint density at radius 3 is 2.62 bits per heavy atom. The van der Waals surface area contributed by atoms with Crippen molar-refractivity contribution < 1.29 is 14.3 Å². The summed E-state index contributed by atoms with van der Waals surface area (Å²) >= 11 is 0. The fourth-order valence-electron chi connectivity index (χ4n) is 5.28. The SMILES string of the molecule is N#CCC(=O)N1CC[C@@H](Oc2ccc(-c3ncnc4[nH]c(-c5ccc(N6CCOCC6)cc5)cc34)cc2C#N)C1. The highest BCUT2D eigenvalue weighted by molar-refractivity contribution is 5.94. The smallest absolute Gasteiger partial charge is 0.236 e. The molecule has 0 spiro atoms.